The Bertz CT molecular complexity index is 1660. The van der Waals surface area contributed by atoms with Crippen LogP contribution in [0, 0.1) is 6.92 Å². The largest absolute Gasteiger partial charge is 0.507 e. The number of nitrogens with zero attached hydrogens (tertiary/aromatic N) is 2. The third kappa shape index (κ3) is 3.49. The first kappa shape index (κ1) is 21.3. The number of phenols is 1. The summed E-state index contributed by atoms with van der Waals surface area (Å²) in [6.07, 6.45) is 3.69. The van der Waals surface area contributed by atoms with E-state index in [1.165, 1.54) is 33.6 Å². The number of thiazole rings is 1. The van der Waals surface area contributed by atoms with Gasteiger partial charge in [-0.1, -0.05) is 71.5 Å². The first-order chi connectivity index (χ1) is 16.5. The third-order valence-corrected chi connectivity index (χ3v) is 8.15. The molecule has 1 aromatic heterocycles. The second-order valence-corrected chi connectivity index (χ2v) is 10.6. The predicted octanol–water partition coefficient (Wildman–Crippen LogP) is 5.10. The fraction of sp³-hybridized carbons (Fsp3) is 0.143. The van der Waals surface area contributed by atoms with Crippen LogP contribution < -0.4 is 14.9 Å². The summed E-state index contributed by atoms with van der Waals surface area (Å²) in [7, 11) is 0. The molecule has 34 heavy (non-hydrogen) atoms. The summed E-state index contributed by atoms with van der Waals surface area (Å²) in [4.78, 5) is 19.5. The summed E-state index contributed by atoms with van der Waals surface area (Å²) in [6.45, 7) is 2.08. The van der Waals surface area contributed by atoms with Crippen LogP contribution in [0.4, 0.5) is 0 Å². The number of hydrogen-bond donors (Lipinski definition) is 1. The molecule has 4 nitrogen and oxygen atoms in total. The van der Waals surface area contributed by atoms with Crippen LogP contribution in [0.5, 0.6) is 5.75 Å². The van der Waals surface area contributed by atoms with Crippen molar-refractivity contribution in [1.82, 2.24) is 4.57 Å². The molecule has 6 heteroatoms. The molecule has 1 aliphatic carbocycles. The molecule has 0 amide bonds. The van der Waals surface area contributed by atoms with Crippen molar-refractivity contribution in [1.29, 1.82) is 0 Å². The first-order valence-corrected chi connectivity index (χ1v) is 12.8. The fourth-order valence-corrected chi connectivity index (χ4v) is 6.23. The average molecular weight is 529 g/mol. The summed E-state index contributed by atoms with van der Waals surface area (Å²) in [5.74, 6) is 0.171. The zero-order chi connectivity index (χ0) is 23.4. The Morgan fingerprint density at radius 3 is 2.68 bits per heavy atom. The molecular weight excluding hydrogens is 508 g/mol. The van der Waals surface area contributed by atoms with Crippen LogP contribution in [0.3, 0.4) is 0 Å². The minimum absolute atomic E-state index is 0.0380. The molecule has 4 aromatic rings. The molecule has 1 unspecified atom stereocenters. The van der Waals surface area contributed by atoms with Gasteiger partial charge in [0.1, 0.15) is 5.75 Å². The summed E-state index contributed by atoms with van der Waals surface area (Å²) in [5, 5.41) is 9.83. The number of phenolic OH excluding ortho intramolecular Hbond substituents is 1. The monoisotopic (exact) mass is 528 g/mol. The van der Waals surface area contributed by atoms with Crippen LogP contribution in [0.2, 0.25) is 0 Å². The molecule has 1 aliphatic heterocycles. The Morgan fingerprint density at radius 2 is 1.88 bits per heavy atom. The van der Waals surface area contributed by atoms with Crippen LogP contribution in [0.25, 0.3) is 11.8 Å². The maximum atomic E-state index is 13.7. The number of fused-ring (bicyclic) bond motifs is 3. The average Bonchev–Trinajstić information content (AvgIpc) is 3.15. The highest BCUT2D eigenvalue weighted by Gasteiger charge is 2.32. The number of hydrogen-bond acceptors (Lipinski definition) is 4. The van der Waals surface area contributed by atoms with Gasteiger partial charge in [0.05, 0.1) is 20.7 Å². The quantitative estimate of drug-likeness (QED) is 0.393. The molecule has 0 radical (unpaired) electrons. The summed E-state index contributed by atoms with van der Waals surface area (Å²) in [6, 6.07) is 22.0. The second-order valence-electron chi connectivity index (χ2n) is 8.74. The van der Waals surface area contributed by atoms with E-state index in [9.17, 15) is 9.90 Å². The molecule has 2 heterocycles. The molecule has 168 valence electrons. The molecule has 0 saturated heterocycles. The topological polar surface area (TPSA) is 54.6 Å². The first-order valence-electron chi connectivity index (χ1n) is 11.2. The number of rotatable bonds is 2. The predicted molar refractivity (Wildman–Crippen MR) is 140 cm³/mol. The van der Waals surface area contributed by atoms with Gasteiger partial charge < -0.3 is 5.11 Å². The van der Waals surface area contributed by atoms with Crippen molar-refractivity contribution in [2.45, 2.75) is 25.8 Å². The van der Waals surface area contributed by atoms with E-state index in [4.69, 9.17) is 4.99 Å². The molecule has 0 bridgehead atoms. The smallest absolute Gasteiger partial charge is 0.271 e. The van der Waals surface area contributed by atoms with Gasteiger partial charge in [-0.2, -0.15) is 0 Å². The van der Waals surface area contributed by atoms with Gasteiger partial charge in [0.25, 0.3) is 5.56 Å². The van der Waals surface area contributed by atoms with Gasteiger partial charge in [-0.15, -0.1) is 0 Å². The van der Waals surface area contributed by atoms with Gasteiger partial charge in [-0.05, 0) is 76.2 Å². The lowest BCUT2D eigenvalue weighted by Gasteiger charge is -2.30. The Morgan fingerprint density at radius 1 is 1.09 bits per heavy atom. The van der Waals surface area contributed by atoms with E-state index < -0.39 is 0 Å². The fourth-order valence-electron chi connectivity index (χ4n) is 4.84. The van der Waals surface area contributed by atoms with Crippen LogP contribution in [0.15, 0.2) is 86.6 Å². The summed E-state index contributed by atoms with van der Waals surface area (Å²) >= 11 is 4.78. The van der Waals surface area contributed by atoms with Gasteiger partial charge in [0, 0.05) is 5.56 Å². The maximum Gasteiger partial charge on any atom is 0.271 e. The Balaban J connectivity index is 1.62. The van der Waals surface area contributed by atoms with Crippen LogP contribution in [-0.4, -0.2) is 9.67 Å². The van der Waals surface area contributed by atoms with E-state index in [0.29, 0.717) is 9.01 Å². The molecule has 1 atom stereocenters. The van der Waals surface area contributed by atoms with E-state index in [-0.39, 0.29) is 17.4 Å². The zero-order valence-electron chi connectivity index (χ0n) is 18.5. The van der Waals surface area contributed by atoms with Crippen molar-refractivity contribution in [3.63, 3.8) is 0 Å². The lowest BCUT2D eigenvalue weighted by atomic mass is 9.83. The molecule has 2 aliphatic rings. The van der Waals surface area contributed by atoms with Gasteiger partial charge >= 0.3 is 0 Å². The second kappa shape index (κ2) is 8.22. The molecular formula is C28H21BrN2O2S. The summed E-state index contributed by atoms with van der Waals surface area (Å²) in [5.41, 5.74) is 7.78. The lowest BCUT2D eigenvalue weighted by Crippen LogP contribution is -2.38. The number of allylic oxidation sites excluding steroid dienone is 1. The SMILES string of the molecule is Cc1ccc(C2C3=C(N=c4sc(=Cc5ccc(O)c(Br)c5)c(=O)n42)c2ccccc2CC3)cc1. The van der Waals surface area contributed by atoms with Crippen molar-refractivity contribution in [3.8, 4) is 5.75 Å². The zero-order valence-corrected chi connectivity index (χ0v) is 20.9. The number of aromatic nitrogens is 1. The van der Waals surface area contributed by atoms with Crippen molar-refractivity contribution in [2.75, 3.05) is 0 Å². The van der Waals surface area contributed by atoms with E-state index in [1.54, 1.807) is 12.1 Å². The van der Waals surface area contributed by atoms with E-state index >= 15 is 0 Å². The minimum Gasteiger partial charge on any atom is -0.507 e. The van der Waals surface area contributed by atoms with E-state index in [0.717, 1.165) is 34.5 Å². The Kier molecular flexibility index (Phi) is 5.15. The standard InChI is InChI=1S/C28H21BrN2O2S/c1-16-6-9-19(10-7-16)26-21-12-11-18-4-2-3-5-20(18)25(21)30-28-31(26)27(33)24(34-28)15-17-8-13-23(32)22(29)14-17/h2-10,13-15,26,32H,11-12H2,1H3. The number of halogens is 1. The number of aryl methyl sites for hydroxylation is 2. The van der Waals surface area contributed by atoms with E-state index in [2.05, 4.69) is 71.4 Å². The molecule has 1 N–H and O–H groups in total. The Labute approximate surface area is 209 Å². The summed E-state index contributed by atoms with van der Waals surface area (Å²) < 4.78 is 3.09. The van der Waals surface area contributed by atoms with Gasteiger partial charge in [-0.25, -0.2) is 4.99 Å². The van der Waals surface area contributed by atoms with E-state index in [1.807, 2.05) is 16.7 Å². The molecule has 6 rings (SSSR count). The van der Waals surface area contributed by atoms with Gasteiger partial charge in [-0.3, -0.25) is 9.36 Å². The highest BCUT2D eigenvalue weighted by Crippen LogP contribution is 2.41. The normalized spacial score (nSPS) is 17.1. The van der Waals surface area contributed by atoms with Crippen LogP contribution >= 0.6 is 27.3 Å². The number of aromatic hydroxyl groups is 1. The highest BCUT2D eigenvalue weighted by molar-refractivity contribution is 9.10. The highest BCUT2D eigenvalue weighted by atomic mass is 79.9. The molecule has 0 saturated carbocycles. The van der Waals surface area contributed by atoms with Crippen molar-refractivity contribution in [2.24, 2.45) is 4.99 Å². The van der Waals surface area contributed by atoms with Gasteiger partial charge in [0.15, 0.2) is 4.80 Å². The maximum absolute atomic E-state index is 13.7. The molecule has 0 spiro atoms. The van der Waals surface area contributed by atoms with Crippen LogP contribution in [0.1, 0.15) is 40.3 Å². The van der Waals surface area contributed by atoms with Crippen molar-refractivity contribution < 1.29 is 5.11 Å². The molecule has 0 fully saturated rings. The van der Waals surface area contributed by atoms with Crippen molar-refractivity contribution in [3.05, 3.63) is 124 Å². The van der Waals surface area contributed by atoms with Crippen molar-refractivity contribution >= 4 is 39.0 Å². The lowest BCUT2D eigenvalue weighted by molar-refractivity contribution is 0.472. The number of benzene rings is 3. The van der Waals surface area contributed by atoms with Crippen LogP contribution in [-0.2, 0) is 6.42 Å². The van der Waals surface area contributed by atoms with Gasteiger partial charge in [0.2, 0.25) is 0 Å². The Hall–Kier alpha value is -3.22. The molecule has 3 aromatic carbocycles. The third-order valence-electron chi connectivity index (χ3n) is 6.54. The minimum atomic E-state index is -0.172.